The minimum absolute atomic E-state index is 0.0369. The fourth-order valence-corrected chi connectivity index (χ4v) is 1.68. The molecule has 0 saturated heterocycles. The molecule has 0 radical (unpaired) electrons. The summed E-state index contributed by atoms with van der Waals surface area (Å²) in [5.74, 6) is -1.21. The number of hydrogen-bond donors (Lipinski definition) is 2. The predicted molar refractivity (Wildman–Crippen MR) is 60.7 cm³/mol. The van der Waals surface area contributed by atoms with Gasteiger partial charge in [0.2, 0.25) is 0 Å². The maximum atomic E-state index is 13.0. The summed E-state index contributed by atoms with van der Waals surface area (Å²) in [4.78, 5) is 17.7. The van der Waals surface area contributed by atoms with Crippen LogP contribution in [0.2, 0.25) is 5.02 Å². The van der Waals surface area contributed by atoms with Crippen LogP contribution in [0.1, 0.15) is 16.3 Å². The SMILES string of the molecule is Cc1nc(-c2ccc(F)c(Cl)c2)c(C(=O)O)[nH]1. The van der Waals surface area contributed by atoms with Gasteiger partial charge in [0.25, 0.3) is 0 Å². The van der Waals surface area contributed by atoms with Gasteiger partial charge in [0.1, 0.15) is 17.3 Å². The minimum Gasteiger partial charge on any atom is -0.477 e. The van der Waals surface area contributed by atoms with Crippen LogP contribution in [0.3, 0.4) is 0 Å². The van der Waals surface area contributed by atoms with Crippen molar-refractivity contribution >= 4 is 17.6 Å². The second-order valence-corrected chi connectivity index (χ2v) is 3.89. The number of aryl methyl sites for hydroxylation is 1. The lowest BCUT2D eigenvalue weighted by atomic mass is 10.1. The van der Waals surface area contributed by atoms with Gasteiger partial charge in [-0.15, -0.1) is 0 Å². The largest absolute Gasteiger partial charge is 0.477 e. The third-order valence-corrected chi connectivity index (χ3v) is 2.52. The van der Waals surface area contributed by atoms with Gasteiger partial charge >= 0.3 is 5.97 Å². The number of aromatic nitrogens is 2. The molecule has 2 aromatic rings. The number of rotatable bonds is 2. The molecule has 0 aliphatic carbocycles. The third kappa shape index (κ3) is 2.14. The highest BCUT2D eigenvalue weighted by atomic mass is 35.5. The van der Waals surface area contributed by atoms with Crippen LogP contribution in [0.15, 0.2) is 18.2 Å². The average molecular weight is 255 g/mol. The van der Waals surface area contributed by atoms with E-state index in [2.05, 4.69) is 9.97 Å². The normalized spacial score (nSPS) is 10.5. The van der Waals surface area contributed by atoms with Crippen LogP contribution in [0, 0.1) is 12.7 Å². The second-order valence-electron chi connectivity index (χ2n) is 3.48. The molecule has 17 heavy (non-hydrogen) atoms. The van der Waals surface area contributed by atoms with Crippen molar-refractivity contribution in [1.29, 1.82) is 0 Å². The Kier molecular flexibility index (Phi) is 2.85. The van der Waals surface area contributed by atoms with E-state index in [0.29, 0.717) is 11.4 Å². The first kappa shape index (κ1) is 11.6. The summed E-state index contributed by atoms with van der Waals surface area (Å²) < 4.78 is 13.0. The molecule has 0 saturated carbocycles. The quantitative estimate of drug-likeness (QED) is 0.866. The molecule has 1 aromatic carbocycles. The van der Waals surface area contributed by atoms with Crippen molar-refractivity contribution in [2.75, 3.05) is 0 Å². The van der Waals surface area contributed by atoms with Gasteiger partial charge in [0.05, 0.1) is 5.02 Å². The maximum Gasteiger partial charge on any atom is 0.354 e. The van der Waals surface area contributed by atoms with E-state index >= 15 is 0 Å². The summed E-state index contributed by atoms with van der Waals surface area (Å²) in [6.07, 6.45) is 0. The lowest BCUT2D eigenvalue weighted by Crippen LogP contribution is -1.99. The smallest absolute Gasteiger partial charge is 0.354 e. The Morgan fingerprint density at radius 2 is 2.24 bits per heavy atom. The van der Waals surface area contributed by atoms with Crippen LogP contribution in [0.25, 0.3) is 11.3 Å². The Labute approximate surface area is 101 Å². The van der Waals surface area contributed by atoms with Gasteiger partial charge in [-0.1, -0.05) is 11.6 Å². The molecule has 88 valence electrons. The number of halogens is 2. The Bertz CT molecular complexity index is 595. The molecule has 0 fully saturated rings. The molecule has 0 bridgehead atoms. The van der Waals surface area contributed by atoms with E-state index < -0.39 is 11.8 Å². The number of carbonyl (C=O) groups is 1. The Morgan fingerprint density at radius 1 is 1.53 bits per heavy atom. The number of hydrogen-bond acceptors (Lipinski definition) is 2. The molecule has 0 unspecified atom stereocenters. The first-order chi connectivity index (χ1) is 7.99. The van der Waals surface area contributed by atoms with Crippen molar-refractivity contribution < 1.29 is 14.3 Å². The highest BCUT2D eigenvalue weighted by Crippen LogP contribution is 2.26. The zero-order valence-electron chi connectivity index (χ0n) is 8.79. The van der Waals surface area contributed by atoms with E-state index in [1.807, 2.05) is 0 Å². The minimum atomic E-state index is -1.12. The van der Waals surface area contributed by atoms with Crippen LogP contribution < -0.4 is 0 Å². The average Bonchev–Trinajstić information content (AvgIpc) is 2.64. The Hall–Kier alpha value is -1.88. The molecule has 2 rings (SSSR count). The lowest BCUT2D eigenvalue weighted by Gasteiger charge is -2.00. The Balaban J connectivity index is 2.59. The van der Waals surface area contributed by atoms with Gasteiger partial charge in [0, 0.05) is 5.56 Å². The van der Waals surface area contributed by atoms with Gasteiger partial charge < -0.3 is 10.1 Å². The first-order valence-corrected chi connectivity index (χ1v) is 5.12. The first-order valence-electron chi connectivity index (χ1n) is 4.74. The van der Waals surface area contributed by atoms with Crippen LogP contribution in [0.5, 0.6) is 0 Å². The van der Waals surface area contributed by atoms with E-state index in [9.17, 15) is 9.18 Å². The van der Waals surface area contributed by atoms with Crippen LogP contribution in [-0.4, -0.2) is 21.0 Å². The fourth-order valence-electron chi connectivity index (χ4n) is 1.50. The summed E-state index contributed by atoms with van der Waals surface area (Å²) >= 11 is 5.64. The van der Waals surface area contributed by atoms with Crippen LogP contribution in [0.4, 0.5) is 4.39 Å². The fraction of sp³-hybridized carbons (Fsp3) is 0.0909. The molecule has 1 aromatic heterocycles. The molecule has 0 amide bonds. The zero-order chi connectivity index (χ0) is 12.6. The van der Waals surface area contributed by atoms with Gasteiger partial charge in [-0.25, -0.2) is 14.2 Å². The van der Waals surface area contributed by atoms with Crippen molar-refractivity contribution in [3.63, 3.8) is 0 Å². The monoisotopic (exact) mass is 254 g/mol. The molecule has 6 heteroatoms. The van der Waals surface area contributed by atoms with Gasteiger partial charge in [-0.05, 0) is 25.1 Å². The van der Waals surface area contributed by atoms with Crippen molar-refractivity contribution in [2.24, 2.45) is 0 Å². The van der Waals surface area contributed by atoms with Crippen LogP contribution in [-0.2, 0) is 0 Å². The van der Waals surface area contributed by atoms with Crippen molar-refractivity contribution in [1.82, 2.24) is 9.97 Å². The summed E-state index contributed by atoms with van der Waals surface area (Å²) in [6, 6.07) is 3.95. The number of benzene rings is 1. The number of nitrogens with one attached hydrogen (secondary N) is 1. The highest BCUT2D eigenvalue weighted by Gasteiger charge is 2.17. The van der Waals surface area contributed by atoms with Gasteiger partial charge in [-0.3, -0.25) is 0 Å². The van der Waals surface area contributed by atoms with Crippen molar-refractivity contribution in [3.05, 3.63) is 40.6 Å². The summed E-state index contributed by atoms with van der Waals surface area (Å²) in [6.45, 7) is 1.64. The summed E-state index contributed by atoms with van der Waals surface area (Å²) in [5, 5.41) is 8.92. The molecule has 0 spiro atoms. The predicted octanol–water partition coefficient (Wildman–Crippen LogP) is 2.88. The Morgan fingerprint density at radius 3 is 2.82 bits per heavy atom. The number of aromatic amines is 1. The van der Waals surface area contributed by atoms with Gasteiger partial charge in [0.15, 0.2) is 5.69 Å². The number of imidazole rings is 1. The van der Waals surface area contributed by atoms with E-state index in [4.69, 9.17) is 16.7 Å². The maximum absolute atomic E-state index is 13.0. The number of carboxylic acids is 1. The molecule has 2 N–H and O–H groups in total. The third-order valence-electron chi connectivity index (χ3n) is 2.23. The van der Waals surface area contributed by atoms with Crippen LogP contribution >= 0.6 is 11.6 Å². The molecule has 0 aliphatic rings. The van der Waals surface area contributed by atoms with E-state index in [0.717, 1.165) is 0 Å². The number of aromatic carboxylic acids is 1. The summed E-state index contributed by atoms with van der Waals surface area (Å²) in [7, 11) is 0. The van der Waals surface area contributed by atoms with Crippen molar-refractivity contribution in [2.45, 2.75) is 6.92 Å². The molecular formula is C11H8ClFN2O2. The van der Waals surface area contributed by atoms with E-state index in [1.165, 1.54) is 18.2 Å². The molecular weight excluding hydrogens is 247 g/mol. The highest BCUT2D eigenvalue weighted by molar-refractivity contribution is 6.31. The zero-order valence-corrected chi connectivity index (χ0v) is 9.55. The number of nitrogens with zero attached hydrogens (tertiary/aromatic N) is 1. The number of H-pyrrole nitrogens is 1. The molecule has 0 aliphatic heterocycles. The van der Waals surface area contributed by atoms with Crippen molar-refractivity contribution in [3.8, 4) is 11.3 Å². The summed E-state index contributed by atoms with van der Waals surface area (Å²) in [5.41, 5.74) is 0.667. The standard InChI is InChI=1S/C11H8ClFN2O2/c1-5-14-9(10(15-5)11(16)17)6-2-3-8(13)7(12)4-6/h2-4H,1H3,(H,14,15)(H,16,17). The van der Waals surface area contributed by atoms with E-state index in [-0.39, 0.29) is 16.4 Å². The lowest BCUT2D eigenvalue weighted by molar-refractivity contribution is 0.0692. The molecule has 1 heterocycles. The topological polar surface area (TPSA) is 66.0 Å². The second kappa shape index (κ2) is 4.18. The molecule has 0 atom stereocenters. The van der Waals surface area contributed by atoms with Gasteiger partial charge in [-0.2, -0.15) is 0 Å². The molecule has 4 nitrogen and oxygen atoms in total. The van der Waals surface area contributed by atoms with E-state index in [1.54, 1.807) is 6.92 Å². The number of carboxylic acid groups (broad SMARTS) is 1.